The Hall–Kier alpha value is -2.20. The van der Waals surface area contributed by atoms with E-state index >= 15 is 0 Å². The van der Waals surface area contributed by atoms with Crippen LogP contribution in [0.2, 0.25) is 5.15 Å². The van der Waals surface area contributed by atoms with E-state index in [2.05, 4.69) is 46.2 Å². The fourth-order valence-corrected chi connectivity index (χ4v) is 2.68. The highest BCUT2D eigenvalue weighted by molar-refractivity contribution is 6.30. The maximum Gasteiger partial charge on any atom is 0.137 e. The van der Waals surface area contributed by atoms with Crippen LogP contribution in [-0.4, -0.2) is 21.5 Å². The molecule has 124 valence electrons. The van der Waals surface area contributed by atoms with Gasteiger partial charge in [-0.2, -0.15) is 0 Å². The first-order valence-corrected chi connectivity index (χ1v) is 8.53. The lowest BCUT2D eigenvalue weighted by molar-refractivity contribution is 0.607. The molecule has 0 spiro atoms. The molecule has 0 unspecified atom stereocenters. The van der Waals surface area contributed by atoms with Crippen LogP contribution in [0.4, 0.5) is 5.82 Å². The summed E-state index contributed by atoms with van der Waals surface area (Å²) >= 11 is 6.03. The van der Waals surface area contributed by atoms with E-state index in [0.29, 0.717) is 11.1 Å². The molecule has 1 aromatic carbocycles. The molecular weight excluding hydrogens is 320 g/mol. The molecule has 24 heavy (non-hydrogen) atoms. The highest BCUT2D eigenvalue weighted by atomic mass is 35.5. The summed E-state index contributed by atoms with van der Waals surface area (Å²) in [5, 5.41) is 4.99. The van der Waals surface area contributed by atoms with Crippen molar-refractivity contribution in [3.8, 4) is 11.1 Å². The molecule has 5 heteroatoms. The summed E-state index contributed by atoms with van der Waals surface area (Å²) in [6.45, 7) is 7.29. The number of halogens is 1. The van der Waals surface area contributed by atoms with Gasteiger partial charge in [-0.05, 0) is 48.6 Å². The average molecular weight is 341 g/mol. The fourth-order valence-electron chi connectivity index (χ4n) is 2.57. The Morgan fingerprint density at radius 1 is 1.08 bits per heavy atom. The Morgan fingerprint density at radius 2 is 1.92 bits per heavy atom. The van der Waals surface area contributed by atoms with Gasteiger partial charge in [0.2, 0.25) is 0 Å². The minimum absolute atomic E-state index is 0.541. The first kappa shape index (κ1) is 16.7. The third-order valence-corrected chi connectivity index (χ3v) is 4.39. The third kappa shape index (κ3) is 3.65. The number of aromatic nitrogens is 3. The fraction of sp³-hybridized carbons (Fsp3) is 0.316. The number of hydrogen-bond acceptors (Lipinski definition) is 4. The Morgan fingerprint density at radius 3 is 2.67 bits per heavy atom. The Balaban J connectivity index is 1.97. The Kier molecular flexibility index (Phi) is 4.95. The number of benzene rings is 1. The quantitative estimate of drug-likeness (QED) is 0.655. The Bertz CT molecular complexity index is 861. The van der Waals surface area contributed by atoms with Crippen LogP contribution >= 0.6 is 11.6 Å². The summed E-state index contributed by atoms with van der Waals surface area (Å²) in [5.74, 6) is 1.53. The van der Waals surface area contributed by atoms with Crippen molar-refractivity contribution >= 4 is 28.3 Å². The zero-order valence-electron chi connectivity index (χ0n) is 14.2. The van der Waals surface area contributed by atoms with Crippen LogP contribution in [0.15, 0.2) is 36.8 Å². The molecule has 3 aromatic rings. The molecule has 0 aliphatic rings. The average Bonchev–Trinajstić information content (AvgIpc) is 2.57. The molecule has 1 N–H and O–H groups in total. The van der Waals surface area contributed by atoms with Crippen molar-refractivity contribution in [3.05, 3.63) is 47.5 Å². The second-order valence-electron chi connectivity index (χ2n) is 6.40. The number of hydrogen-bond donors (Lipinski definition) is 1. The van der Waals surface area contributed by atoms with Gasteiger partial charge in [-0.3, -0.25) is 0 Å². The van der Waals surface area contributed by atoms with Gasteiger partial charge >= 0.3 is 0 Å². The van der Waals surface area contributed by atoms with Crippen molar-refractivity contribution in [3.63, 3.8) is 0 Å². The minimum Gasteiger partial charge on any atom is -0.369 e. The lowest BCUT2D eigenvalue weighted by Crippen LogP contribution is -2.06. The number of nitrogens with zero attached hydrogens (tertiary/aromatic N) is 3. The normalized spacial score (nSPS) is 11.2. The van der Waals surface area contributed by atoms with Crippen LogP contribution in [0.5, 0.6) is 0 Å². The van der Waals surface area contributed by atoms with E-state index in [4.69, 9.17) is 11.6 Å². The molecule has 0 bridgehead atoms. The van der Waals surface area contributed by atoms with Gasteiger partial charge < -0.3 is 5.32 Å². The van der Waals surface area contributed by atoms with Crippen LogP contribution in [0.3, 0.4) is 0 Å². The molecule has 2 heterocycles. The Labute approximate surface area is 147 Å². The standard InChI is InChI=1S/C19H21ClN4/c1-12(2)6-7-21-19-16-9-14(4-5-17(16)23-11-24-19)15-8-13(3)18(20)22-10-15/h4-5,8-12H,6-7H2,1-3H3,(H,21,23,24). The summed E-state index contributed by atoms with van der Waals surface area (Å²) in [6, 6.07) is 8.23. The van der Waals surface area contributed by atoms with Gasteiger partial charge in [0.15, 0.2) is 0 Å². The zero-order valence-corrected chi connectivity index (χ0v) is 14.9. The van der Waals surface area contributed by atoms with E-state index in [1.807, 2.05) is 19.1 Å². The molecule has 0 saturated heterocycles. The first-order chi connectivity index (χ1) is 11.5. The van der Waals surface area contributed by atoms with Gasteiger partial charge in [0.1, 0.15) is 17.3 Å². The predicted molar refractivity (Wildman–Crippen MR) is 100 cm³/mol. The van der Waals surface area contributed by atoms with Crippen LogP contribution in [0.1, 0.15) is 25.8 Å². The first-order valence-electron chi connectivity index (χ1n) is 8.15. The maximum absolute atomic E-state index is 6.03. The van der Waals surface area contributed by atoms with Crippen LogP contribution in [0.25, 0.3) is 22.0 Å². The molecule has 0 aliphatic heterocycles. The maximum atomic E-state index is 6.03. The van der Waals surface area contributed by atoms with Gasteiger partial charge in [0.05, 0.1) is 5.52 Å². The van der Waals surface area contributed by atoms with Crippen molar-refractivity contribution in [2.24, 2.45) is 5.92 Å². The molecule has 2 aromatic heterocycles. The summed E-state index contributed by atoms with van der Waals surface area (Å²) < 4.78 is 0. The van der Waals surface area contributed by atoms with Crippen LogP contribution < -0.4 is 5.32 Å². The van der Waals surface area contributed by atoms with Crippen molar-refractivity contribution in [1.82, 2.24) is 15.0 Å². The van der Waals surface area contributed by atoms with Gasteiger partial charge in [0, 0.05) is 23.7 Å². The summed E-state index contributed by atoms with van der Waals surface area (Å²) in [5.41, 5.74) is 4.01. The lowest BCUT2D eigenvalue weighted by Gasteiger charge is -2.11. The molecular formula is C19H21ClN4. The summed E-state index contributed by atoms with van der Waals surface area (Å²) in [4.78, 5) is 13.0. The molecule has 0 aliphatic carbocycles. The molecule has 4 nitrogen and oxygen atoms in total. The number of anilines is 1. The van der Waals surface area contributed by atoms with Gasteiger partial charge in [0.25, 0.3) is 0 Å². The minimum atomic E-state index is 0.541. The predicted octanol–water partition coefficient (Wildman–Crippen LogP) is 5.11. The number of aryl methyl sites for hydroxylation is 1. The summed E-state index contributed by atoms with van der Waals surface area (Å²) in [7, 11) is 0. The number of rotatable bonds is 5. The highest BCUT2D eigenvalue weighted by Gasteiger charge is 2.08. The zero-order chi connectivity index (χ0) is 17.1. The lowest BCUT2D eigenvalue weighted by atomic mass is 10.0. The summed E-state index contributed by atoms with van der Waals surface area (Å²) in [6.07, 6.45) is 4.51. The molecule has 0 saturated carbocycles. The molecule has 0 radical (unpaired) electrons. The van der Waals surface area contributed by atoms with Crippen LogP contribution in [-0.2, 0) is 0 Å². The van der Waals surface area contributed by atoms with Crippen molar-refractivity contribution < 1.29 is 0 Å². The van der Waals surface area contributed by atoms with E-state index in [1.54, 1.807) is 12.5 Å². The number of nitrogens with one attached hydrogen (secondary N) is 1. The largest absolute Gasteiger partial charge is 0.369 e. The molecule has 0 atom stereocenters. The molecule has 0 fully saturated rings. The highest BCUT2D eigenvalue weighted by Crippen LogP contribution is 2.28. The van der Waals surface area contributed by atoms with E-state index in [9.17, 15) is 0 Å². The number of pyridine rings is 1. The second-order valence-corrected chi connectivity index (χ2v) is 6.75. The van der Waals surface area contributed by atoms with Gasteiger partial charge in [-0.1, -0.05) is 31.5 Å². The van der Waals surface area contributed by atoms with Gasteiger partial charge in [-0.15, -0.1) is 0 Å². The number of fused-ring (bicyclic) bond motifs is 1. The van der Waals surface area contributed by atoms with E-state index in [1.165, 1.54) is 0 Å². The van der Waals surface area contributed by atoms with Crippen molar-refractivity contribution in [1.29, 1.82) is 0 Å². The van der Waals surface area contributed by atoms with Crippen molar-refractivity contribution in [2.45, 2.75) is 27.2 Å². The van der Waals surface area contributed by atoms with E-state index in [-0.39, 0.29) is 0 Å². The van der Waals surface area contributed by atoms with Gasteiger partial charge in [-0.25, -0.2) is 15.0 Å². The third-order valence-electron chi connectivity index (χ3n) is 4.00. The topological polar surface area (TPSA) is 50.7 Å². The van der Waals surface area contributed by atoms with E-state index < -0.39 is 0 Å². The molecule has 3 rings (SSSR count). The van der Waals surface area contributed by atoms with Crippen LogP contribution in [0, 0.1) is 12.8 Å². The van der Waals surface area contributed by atoms with E-state index in [0.717, 1.165) is 46.4 Å². The second kappa shape index (κ2) is 7.14. The smallest absolute Gasteiger partial charge is 0.137 e. The SMILES string of the molecule is Cc1cc(-c2ccc3ncnc(NCCC(C)C)c3c2)cnc1Cl. The molecule has 0 amide bonds. The van der Waals surface area contributed by atoms with Crippen molar-refractivity contribution in [2.75, 3.05) is 11.9 Å². The monoisotopic (exact) mass is 340 g/mol.